The lowest BCUT2D eigenvalue weighted by Crippen LogP contribution is -2.27. The fourth-order valence-corrected chi connectivity index (χ4v) is 3.97. The molecule has 1 aliphatic rings. The molecule has 1 N–H and O–H groups in total. The molecule has 1 aromatic heterocycles. The van der Waals surface area contributed by atoms with Crippen molar-refractivity contribution in [1.29, 1.82) is 0 Å². The number of hydrogen-bond donors (Lipinski definition) is 1. The molecule has 4 rings (SSSR count). The van der Waals surface area contributed by atoms with Gasteiger partial charge < -0.3 is 9.52 Å². The van der Waals surface area contributed by atoms with Crippen LogP contribution in [0.4, 0.5) is 4.79 Å². The Bertz CT molecular complexity index is 1200. The number of carboxylic acid groups (broad SMARTS) is 1. The van der Waals surface area contributed by atoms with Gasteiger partial charge in [0.05, 0.1) is 17.0 Å². The molecule has 3 aromatic rings. The molecular weight excluding hydrogens is 426 g/mol. The number of aromatic carboxylic acids is 1. The van der Waals surface area contributed by atoms with Crippen LogP contribution in [0.15, 0.2) is 70.0 Å². The van der Waals surface area contributed by atoms with Crippen molar-refractivity contribution >= 4 is 46.6 Å². The molecule has 0 spiro atoms. The van der Waals surface area contributed by atoms with Crippen molar-refractivity contribution in [3.05, 3.63) is 87.5 Å². The Labute approximate surface area is 180 Å². The lowest BCUT2D eigenvalue weighted by Gasteiger charge is -2.13. The smallest absolute Gasteiger partial charge is 0.335 e. The van der Waals surface area contributed by atoms with Crippen molar-refractivity contribution < 1.29 is 23.9 Å². The number of nitrogens with zero attached hydrogens (tertiary/aromatic N) is 1. The monoisotopic (exact) mass is 439 g/mol. The average Bonchev–Trinajstić information content (AvgIpc) is 3.30. The molecule has 1 saturated heterocycles. The van der Waals surface area contributed by atoms with E-state index in [0.29, 0.717) is 27.7 Å². The molecule has 150 valence electrons. The molecule has 1 fully saturated rings. The second-order valence-electron chi connectivity index (χ2n) is 6.45. The van der Waals surface area contributed by atoms with Crippen LogP contribution in [0.5, 0.6) is 0 Å². The molecule has 0 radical (unpaired) electrons. The molecule has 8 heteroatoms. The van der Waals surface area contributed by atoms with E-state index >= 15 is 0 Å². The summed E-state index contributed by atoms with van der Waals surface area (Å²) < 4.78 is 5.74. The van der Waals surface area contributed by atoms with Crippen LogP contribution in [-0.2, 0) is 11.3 Å². The third kappa shape index (κ3) is 4.03. The van der Waals surface area contributed by atoms with Crippen LogP contribution < -0.4 is 0 Å². The number of benzene rings is 2. The minimum Gasteiger partial charge on any atom is -0.478 e. The number of carbonyl (C=O) groups excluding carboxylic acids is 2. The van der Waals surface area contributed by atoms with Gasteiger partial charge in [-0.3, -0.25) is 14.5 Å². The minimum absolute atomic E-state index is 0.0903. The number of furan rings is 1. The summed E-state index contributed by atoms with van der Waals surface area (Å²) in [4.78, 5) is 37.5. The highest BCUT2D eigenvalue weighted by Gasteiger charge is 2.35. The summed E-state index contributed by atoms with van der Waals surface area (Å²) in [6.45, 7) is 0.0903. The number of imide groups is 1. The topological polar surface area (TPSA) is 87.8 Å². The van der Waals surface area contributed by atoms with Crippen LogP contribution in [0.1, 0.15) is 21.7 Å². The summed E-state index contributed by atoms with van der Waals surface area (Å²) >= 11 is 6.96. The highest BCUT2D eigenvalue weighted by molar-refractivity contribution is 8.18. The van der Waals surface area contributed by atoms with E-state index < -0.39 is 11.9 Å². The largest absolute Gasteiger partial charge is 0.478 e. The lowest BCUT2D eigenvalue weighted by molar-refractivity contribution is -0.123. The lowest BCUT2D eigenvalue weighted by atomic mass is 10.1. The number of amides is 2. The van der Waals surface area contributed by atoms with Gasteiger partial charge in [0.1, 0.15) is 11.5 Å². The normalized spacial score (nSPS) is 15.2. The van der Waals surface area contributed by atoms with E-state index in [2.05, 4.69) is 0 Å². The summed E-state index contributed by atoms with van der Waals surface area (Å²) in [6.07, 6.45) is 1.50. The van der Waals surface area contributed by atoms with Gasteiger partial charge in [0.2, 0.25) is 0 Å². The zero-order chi connectivity index (χ0) is 21.3. The average molecular weight is 440 g/mol. The van der Waals surface area contributed by atoms with Gasteiger partial charge in [-0.15, -0.1) is 0 Å². The van der Waals surface area contributed by atoms with E-state index in [-0.39, 0.29) is 22.3 Å². The number of halogens is 1. The second kappa shape index (κ2) is 8.22. The number of thioether (sulfide) groups is 1. The summed E-state index contributed by atoms with van der Waals surface area (Å²) in [7, 11) is 0. The van der Waals surface area contributed by atoms with Crippen LogP contribution in [0, 0.1) is 0 Å². The molecule has 1 aliphatic heterocycles. The summed E-state index contributed by atoms with van der Waals surface area (Å²) in [5.74, 6) is -0.611. The van der Waals surface area contributed by atoms with Gasteiger partial charge in [-0.25, -0.2) is 4.79 Å². The fraction of sp³-hybridized carbons (Fsp3) is 0.0455. The quantitative estimate of drug-likeness (QED) is 0.525. The van der Waals surface area contributed by atoms with Crippen molar-refractivity contribution in [2.24, 2.45) is 0 Å². The second-order valence-corrected chi connectivity index (χ2v) is 7.85. The molecule has 0 saturated carbocycles. The Morgan fingerprint density at radius 3 is 2.67 bits per heavy atom. The molecule has 0 aliphatic carbocycles. The summed E-state index contributed by atoms with van der Waals surface area (Å²) in [5.41, 5.74) is 1.42. The Balaban J connectivity index is 1.55. The molecule has 0 bridgehead atoms. The number of carboxylic acids is 1. The van der Waals surface area contributed by atoms with Gasteiger partial charge in [0.15, 0.2) is 0 Å². The maximum Gasteiger partial charge on any atom is 0.335 e. The standard InChI is InChI=1S/C22H14ClNO5S/c23-17-7-2-1-4-15(17)12-24-20(25)19(30-22(24)28)11-16-8-9-18(29-16)13-5-3-6-14(10-13)21(26)27/h1-11H,12H2,(H,26,27)/b19-11+. The third-order valence-electron chi connectivity index (χ3n) is 4.45. The number of hydrogen-bond acceptors (Lipinski definition) is 5. The van der Waals surface area contributed by atoms with E-state index in [4.69, 9.17) is 21.1 Å². The Hall–Kier alpha value is -3.29. The van der Waals surface area contributed by atoms with Crippen molar-refractivity contribution in [2.75, 3.05) is 0 Å². The van der Waals surface area contributed by atoms with Gasteiger partial charge in [0, 0.05) is 16.7 Å². The highest BCUT2D eigenvalue weighted by Crippen LogP contribution is 2.35. The molecule has 6 nitrogen and oxygen atoms in total. The maximum absolute atomic E-state index is 12.7. The molecule has 0 atom stereocenters. The van der Waals surface area contributed by atoms with Crippen LogP contribution in [0.2, 0.25) is 5.02 Å². The molecule has 2 amide bonds. The first-order valence-corrected chi connectivity index (χ1v) is 10.0. The number of rotatable bonds is 5. The van der Waals surface area contributed by atoms with Crippen molar-refractivity contribution in [1.82, 2.24) is 4.90 Å². The summed E-state index contributed by atoms with van der Waals surface area (Å²) in [5, 5.41) is 9.23. The minimum atomic E-state index is -1.03. The fourth-order valence-electron chi connectivity index (χ4n) is 2.95. The maximum atomic E-state index is 12.7. The van der Waals surface area contributed by atoms with Crippen LogP contribution >= 0.6 is 23.4 Å². The van der Waals surface area contributed by atoms with Crippen molar-refractivity contribution in [3.63, 3.8) is 0 Å². The van der Waals surface area contributed by atoms with E-state index in [1.807, 2.05) is 0 Å². The first-order valence-electron chi connectivity index (χ1n) is 8.85. The first kappa shape index (κ1) is 20.0. The van der Waals surface area contributed by atoms with Gasteiger partial charge >= 0.3 is 5.97 Å². The van der Waals surface area contributed by atoms with Crippen LogP contribution in [-0.4, -0.2) is 27.1 Å². The highest BCUT2D eigenvalue weighted by atomic mass is 35.5. The zero-order valence-electron chi connectivity index (χ0n) is 15.4. The van der Waals surface area contributed by atoms with Gasteiger partial charge in [-0.05, 0) is 47.7 Å². The Morgan fingerprint density at radius 2 is 1.90 bits per heavy atom. The molecule has 2 heterocycles. The van der Waals surface area contributed by atoms with Crippen LogP contribution in [0.3, 0.4) is 0 Å². The predicted molar refractivity (Wildman–Crippen MR) is 114 cm³/mol. The predicted octanol–water partition coefficient (Wildman–Crippen LogP) is 5.53. The first-order chi connectivity index (χ1) is 14.4. The van der Waals surface area contributed by atoms with Crippen molar-refractivity contribution in [2.45, 2.75) is 6.54 Å². The van der Waals surface area contributed by atoms with E-state index in [1.165, 1.54) is 18.2 Å². The van der Waals surface area contributed by atoms with Crippen molar-refractivity contribution in [3.8, 4) is 11.3 Å². The van der Waals surface area contributed by atoms with E-state index in [1.54, 1.807) is 48.5 Å². The third-order valence-corrected chi connectivity index (χ3v) is 5.73. The Morgan fingerprint density at radius 1 is 1.10 bits per heavy atom. The molecule has 30 heavy (non-hydrogen) atoms. The SMILES string of the molecule is O=C(O)c1cccc(-c2ccc(/C=C3/SC(=O)N(Cc4ccccc4Cl)C3=O)o2)c1. The molecular formula is C22H14ClNO5S. The van der Waals surface area contributed by atoms with Crippen LogP contribution in [0.25, 0.3) is 17.4 Å². The Kier molecular flexibility index (Phi) is 5.48. The molecule has 0 unspecified atom stereocenters. The number of carbonyl (C=O) groups is 3. The summed E-state index contributed by atoms with van der Waals surface area (Å²) in [6, 6.07) is 16.7. The zero-order valence-corrected chi connectivity index (χ0v) is 16.9. The van der Waals surface area contributed by atoms with Gasteiger partial charge in [0.25, 0.3) is 11.1 Å². The van der Waals surface area contributed by atoms with E-state index in [9.17, 15) is 14.4 Å². The van der Waals surface area contributed by atoms with Gasteiger partial charge in [-0.2, -0.15) is 0 Å². The molecule has 2 aromatic carbocycles. The van der Waals surface area contributed by atoms with Gasteiger partial charge in [-0.1, -0.05) is 41.9 Å². The van der Waals surface area contributed by atoms with E-state index in [0.717, 1.165) is 16.7 Å².